The fourth-order valence-corrected chi connectivity index (χ4v) is 1.93. The quantitative estimate of drug-likeness (QED) is 0.796. The lowest BCUT2D eigenvalue weighted by atomic mass is 10.2. The molecule has 0 aliphatic carbocycles. The third kappa shape index (κ3) is 1.98. The summed E-state index contributed by atoms with van der Waals surface area (Å²) >= 11 is 6.18. The van der Waals surface area contributed by atoms with Gasteiger partial charge in [0.1, 0.15) is 18.9 Å². The van der Waals surface area contributed by atoms with E-state index in [0.29, 0.717) is 54.4 Å². The van der Waals surface area contributed by atoms with Crippen molar-refractivity contribution in [3.63, 3.8) is 0 Å². The Bertz CT molecular complexity index is 513. The largest absolute Gasteiger partial charge is 0.475 e. The van der Waals surface area contributed by atoms with E-state index in [1.54, 1.807) is 12.3 Å². The molecule has 1 aromatic rings. The second-order valence-corrected chi connectivity index (χ2v) is 4.03. The predicted molar refractivity (Wildman–Crippen MR) is 64.0 cm³/mol. The molecule has 0 N–H and O–H groups in total. The molecule has 0 aromatic carbocycles. The summed E-state index contributed by atoms with van der Waals surface area (Å²) in [5, 5.41) is 0.550. The van der Waals surface area contributed by atoms with Crippen molar-refractivity contribution in [1.29, 1.82) is 0 Å². The van der Waals surface area contributed by atoms with Crippen LogP contribution in [0.25, 0.3) is 0 Å². The molecule has 17 heavy (non-hydrogen) atoms. The van der Waals surface area contributed by atoms with Crippen LogP contribution in [0.15, 0.2) is 22.2 Å². The first-order valence-corrected chi connectivity index (χ1v) is 5.73. The SMILES string of the molecule is Clc1cc(C2=NCCO2)ncc1C1=NCCO1. The molecule has 0 amide bonds. The maximum absolute atomic E-state index is 6.18. The molecule has 6 heteroatoms. The Balaban J connectivity index is 1.93. The smallest absolute Gasteiger partial charge is 0.235 e. The van der Waals surface area contributed by atoms with Gasteiger partial charge >= 0.3 is 0 Å². The summed E-state index contributed by atoms with van der Waals surface area (Å²) in [7, 11) is 0. The van der Waals surface area contributed by atoms with Gasteiger partial charge in [-0.1, -0.05) is 11.6 Å². The minimum atomic E-state index is 0.549. The molecule has 5 nitrogen and oxygen atoms in total. The zero-order valence-electron chi connectivity index (χ0n) is 9.02. The van der Waals surface area contributed by atoms with E-state index in [1.807, 2.05) is 0 Å². The van der Waals surface area contributed by atoms with Crippen molar-refractivity contribution in [2.24, 2.45) is 9.98 Å². The van der Waals surface area contributed by atoms with Crippen molar-refractivity contribution in [3.8, 4) is 0 Å². The zero-order valence-corrected chi connectivity index (χ0v) is 9.78. The van der Waals surface area contributed by atoms with Gasteiger partial charge in [-0.05, 0) is 6.07 Å². The Kier molecular flexibility index (Phi) is 2.68. The topological polar surface area (TPSA) is 56.1 Å². The van der Waals surface area contributed by atoms with Crippen molar-refractivity contribution in [3.05, 3.63) is 28.5 Å². The second-order valence-electron chi connectivity index (χ2n) is 3.62. The van der Waals surface area contributed by atoms with E-state index in [2.05, 4.69) is 15.0 Å². The lowest BCUT2D eigenvalue weighted by Crippen LogP contribution is -2.08. The van der Waals surface area contributed by atoms with Crippen LogP contribution in [0.2, 0.25) is 5.02 Å². The number of nitrogens with zero attached hydrogens (tertiary/aromatic N) is 3. The van der Waals surface area contributed by atoms with Crippen LogP contribution in [0.4, 0.5) is 0 Å². The highest BCUT2D eigenvalue weighted by Gasteiger charge is 2.18. The molecule has 2 aliphatic heterocycles. The van der Waals surface area contributed by atoms with Gasteiger partial charge in [0.25, 0.3) is 0 Å². The fraction of sp³-hybridized carbons (Fsp3) is 0.364. The van der Waals surface area contributed by atoms with E-state index in [0.717, 1.165) is 0 Å². The number of hydrogen-bond donors (Lipinski definition) is 0. The maximum Gasteiger partial charge on any atom is 0.235 e. The third-order valence-corrected chi connectivity index (χ3v) is 2.79. The van der Waals surface area contributed by atoms with Crippen LogP contribution in [-0.4, -0.2) is 43.1 Å². The molecule has 0 radical (unpaired) electrons. The van der Waals surface area contributed by atoms with Crippen molar-refractivity contribution < 1.29 is 9.47 Å². The van der Waals surface area contributed by atoms with Crippen molar-refractivity contribution in [1.82, 2.24) is 4.98 Å². The second kappa shape index (κ2) is 4.33. The third-order valence-electron chi connectivity index (χ3n) is 2.47. The highest BCUT2D eigenvalue weighted by molar-refractivity contribution is 6.34. The first-order valence-electron chi connectivity index (χ1n) is 5.35. The average molecular weight is 252 g/mol. The average Bonchev–Trinajstić information content (AvgIpc) is 3.02. The molecule has 0 unspecified atom stereocenters. The maximum atomic E-state index is 6.18. The standard InChI is InChI=1S/C11H10ClN3O2/c12-8-5-9(11-14-2-4-17-11)15-6-7(8)10-13-1-3-16-10/h5-6H,1-4H2. The van der Waals surface area contributed by atoms with E-state index in [-0.39, 0.29) is 0 Å². The fourth-order valence-electron chi connectivity index (χ4n) is 1.69. The summed E-state index contributed by atoms with van der Waals surface area (Å²) in [5.74, 6) is 1.11. The molecule has 3 heterocycles. The Morgan fingerprint density at radius 3 is 2.35 bits per heavy atom. The molecule has 0 fully saturated rings. The summed E-state index contributed by atoms with van der Waals surface area (Å²) in [6, 6.07) is 1.73. The predicted octanol–water partition coefficient (Wildman–Crippen LogP) is 1.29. The van der Waals surface area contributed by atoms with E-state index in [1.165, 1.54) is 0 Å². The summed E-state index contributed by atoms with van der Waals surface area (Å²) < 4.78 is 10.7. The van der Waals surface area contributed by atoms with E-state index >= 15 is 0 Å². The van der Waals surface area contributed by atoms with E-state index in [4.69, 9.17) is 21.1 Å². The monoisotopic (exact) mass is 251 g/mol. The molecular formula is C11H10ClN3O2. The highest BCUT2D eigenvalue weighted by Crippen LogP contribution is 2.20. The first kappa shape index (κ1) is 10.5. The normalized spacial score (nSPS) is 18.4. The molecule has 1 aromatic heterocycles. The Morgan fingerprint density at radius 2 is 1.76 bits per heavy atom. The van der Waals surface area contributed by atoms with Gasteiger partial charge in [-0.15, -0.1) is 0 Å². The number of halogens is 1. The van der Waals surface area contributed by atoms with Crippen molar-refractivity contribution in [2.75, 3.05) is 26.3 Å². The van der Waals surface area contributed by atoms with Crippen LogP contribution < -0.4 is 0 Å². The molecule has 88 valence electrons. The van der Waals surface area contributed by atoms with Gasteiger partial charge in [0.05, 0.1) is 23.7 Å². The lowest BCUT2D eigenvalue weighted by molar-refractivity contribution is 0.346. The van der Waals surface area contributed by atoms with Crippen LogP contribution >= 0.6 is 11.6 Å². The zero-order chi connectivity index (χ0) is 11.7. The Labute approximate surface area is 103 Å². The lowest BCUT2D eigenvalue weighted by Gasteiger charge is -2.06. The first-order chi connectivity index (χ1) is 8.34. The van der Waals surface area contributed by atoms with Crippen LogP contribution in [0.1, 0.15) is 11.3 Å². The van der Waals surface area contributed by atoms with Gasteiger partial charge in [0.2, 0.25) is 11.8 Å². The van der Waals surface area contributed by atoms with Gasteiger partial charge in [0.15, 0.2) is 0 Å². The molecule has 3 rings (SSSR count). The Morgan fingerprint density at radius 1 is 1.06 bits per heavy atom. The summed E-state index contributed by atoms with van der Waals surface area (Å²) in [6.45, 7) is 2.55. The molecule has 0 saturated carbocycles. The molecule has 2 aliphatic rings. The van der Waals surface area contributed by atoms with Crippen molar-refractivity contribution >= 4 is 23.4 Å². The van der Waals surface area contributed by atoms with Gasteiger partial charge < -0.3 is 9.47 Å². The molecular weight excluding hydrogens is 242 g/mol. The number of pyridine rings is 1. The molecule has 0 saturated heterocycles. The van der Waals surface area contributed by atoms with Crippen LogP contribution in [0.3, 0.4) is 0 Å². The van der Waals surface area contributed by atoms with Gasteiger partial charge in [-0.2, -0.15) is 0 Å². The minimum Gasteiger partial charge on any atom is -0.475 e. The van der Waals surface area contributed by atoms with Crippen LogP contribution in [0, 0.1) is 0 Å². The summed E-state index contributed by atoms with van der Waals surface area (Å²) in [4.78, 5) is 12.7. The summed E-state index contributed by atoms with van der Waals surface area (Å²) in [6.07, 6.45) is 1.64. The molecule has 0 atom stereocenters. The minimum absolute atomic E-state index is 0.549. The summed E-state index contributed by atoms with van der Waals surface area (Å²) in [5.41, 5.74) is 1.36. The number of rotatable bonds is 2. The van der Waals surface area contributed by atoms with Gasteiger partial charge in [-0.3, -0.25) is 4.98 Å². The van der Waals surface area contributed by atoms with Crippen molar-refractivity contribution in [2.45, 2.75) is 0 Å². The van der Waals surface area contributed by atoms with Gasteiger partial charge in [-0.25, -0.2) is 9.98 Å². The van der Waals surface area contributed by atoms with Crippen LogP contribution in [0.5, 0.6) is 0 Å². The Hall–Kier alpha value is -1.62. The van der Waals surface area contributed by atoms with E-state index < -0.39 is 0 Å². The molecule has 0 bridgehead atoms. The van der Waals surface area contributed by atoms with Gasteiger partial charge in [0, 0.05) is 6.20 Å². The number of ether oxygens (including phenoxy) is 2. The number of hydrogen-bond acceptors (Lipinski definition) is 5. The number of aliphatic imine (C=N–C) groups is 2. The highest BCUT2D eigenvalue weighted by atomic mass is 35.5. The number of aromatic nitrogens is 1. The van der Waals surface area contributed by atoms with Crippen LogP contribution in [-0.2, 0) is 9.47 Å². The molecule has 0 spiro atoms. The van der Waals surface area contributed by atoms with E-state index in [9.17, 15) is 0 Å².